The van der Waals surface area contributed by atoms with Gasteiger partial charge in [-0.2, -0.15) is 0 Å². The molecule has 0 spiro atoms. The van der Waals surface area contributed by atoms with Crippen molar-refractivity contribution in [2.75, 3.05) is 0 Å². The van der Waals surface area contributed by atoms with Gasteiger partial charge in [-0.05, 0) is 47.3 Å². The second-order valence-corrected chi connectivity index (χ2v) is 9.45. The number of aryl methyl sites for hydroxylation is 1. The van der Waals surface area contributed by atoms with Crippen LogP contribution in [-0.4, -0.2) is 24.7 Å². The van der Waals surface area contributed by atoms with Crippen molar-refractivity contribution in [3.05, 3.63) is 105 Å². The minimum Gasteiger partial charge on any atom is -0.305 e. The molecular formula is C24H19N5O2S2. The third kappa shape index (κ3) is 4.64. The molecule has 0 amide bonds. The van der Waals surface area contributed by atoms with Crippen molar-refractivity contribution in [2.24, 2.45) is 0 Å². The second-order valence-electron chi connectivity index (χ2n) is 7.41. The highest BCUT2D eigenvalue weighted by atomic mass is 32.2. The molecule has 0 aliphatic rings. The number of hydrogen-bond donors (Lipinski definition) is 0. The van der Waals surface area contributed by atoms with E-state index in [9.17, 15) is 10.1 Å². The van der Waals surface area contributed by atoms with Gasteiger partial charge in [0.25, 0.3) is 5.69 Å². The fourth-order valence-electron chi connectivity index (χ4n) is 3.70. The van der Waals surface area contributed by atoms with Crippen molar-refractivity contribution in [3.8, 4) is 0 Å². The van der Waals surface area contributed by atoms with E-state index in [1.165, 1.54) is 28.3 Å². The molecule has 0 unspecified atom stereocenters. The number of rotatable bonds is 8. The Morgan fingerprint density at radius 3 is 2.67 bits per heavy atom. The Hall–Kier alpha value is -3.56. The molecule has 0 N–H and O–H groups in total. The van der Waals surface area contributed by atoms with Gasteiger partial charge < -0.3 is 4.57 Å². The summed E-state index contributed by atoms with van der Waals surface area (Å²) < 4.78 is 2.16. The van der Waals surface area contributed by atoms with Crippen LogP contribution in [0, 0.1) is 10.1 Å². The monoisotopic (exact) mass is 473 g/mol. The Balaban J connectivity index is 1.50. The molecule has 3 heterocycles. The first-order valence-electron chi connectivity index (χ1n) is 10.4. The van der Waals surface area contributed by atoms with Gasteiger partial charge in [0.2, 0.25) is 0 Å². The molecule has 7 nitrogen and oxygen atoms in total. The number of benzene rings is 2. The van der Waals surface area contributed by atoms with Crippen LogP contribution < -0.4 is 0 Å². The average molecular weight is 474 g/mol. The predicted molar refractivity (Wildman–Crippen MR) is 130 cm³/mol. The summed E-state index contributed by atoms with van der Waals surface area (Å²) in [5, 5.41) is 24.6. The lowest BCUT2D eigenvalue weighted by Gasteiger charge is -2.11. The van der Waals surface area contributed by atoms with Crippen molar-refractivity contribution >= 4 is 39.6 Å². The van der Waals surface area contributed by atoms with Crippen molar-refractivity contribution < 1.29 is 4.92 Å². The van der Waals surface area contributed by atoms with Crippen LogP contribution in [0.1, 0.15) is 16.3 Å². The van der Waals surface area contributed by atoms with E-state index < -0.39 is 0 Å². The molecule has 0 aliphatic carbocycles. The van der Waals surface area contributed by atoms with Crippen LogP contribution in [-0.2, 0) is 19.4 Å². The molecule has 0 atom stereocenters. The van der Waals surface area contributed by atoms with Gasteiger partial charge in [0, 0.05) is 46.6 Å². The summed E-state index contributed by atoms with van der Waals surface area (Å²) in [6.45, 7) is 0.743. The molecule has 0 aliphatic heterocycles. The van der Waals surface area contributed by atoms with Gasteiger partial charge in [0.1, 0.15) is 5.82 Å². The number of nitro groups is 1. The van der Waals surface area contributed by atoms with E-state index in [1.807, 2.05) is 30.3 Å². The van der Waals surface area contributed by atoms with Crippen LogP contribution in [0.5, 0.6) is 0 Å². The number of fused-ring (bicyclic) bond motifs is 1. The normalized spacial score (nSPS) is 11.2. The first-order chi connectivity index (χ1) is 16.2. The van der Waals surface area contributed by atoms with Gasteiger partial charge in [0.15, 0.2) is 5.16 Å². The fourth-order valence-corrected chi connectivity index (χ4v) is 5.41. The molecule has 0 saturated heterocycles. The number of nitro benzene ring substituents is 1. The maximum absolute atomic E-state index is 11.5. The van der Waals surface area contributed by atoms with E-state index in [0.29, 0.717) is 11.8 Å². The van der Waals surface area contributed by atoms with Crippen molar-refractivity contribution in [1.29, 1.82) is 0 Å². The average Bonchev–Trinajstić information content (AvgIpc) is 3.49. The Labute approximate surface area is 198 Å². The highest BCUT2D eigenvalue weighted by Gasteiger charge is 2.19. The first-order valence-corrected chi connectivity index (χ1v) is 12.1. The van der Waals surface area contributed by atoms with Crippen LogP contribution >= 0.6 is 23.1 Å². The van der Waals surface area contributed by atoms with Crippen LogP contribution in [0.2, 0.25) is 0 Å². The smallest absolute Gasteiger partial charge is 0.278 e. The number of thiophene rings is 1. The topological polar surface area (TPSA) is 86.7 Å². The van der Waals surface area contributed by atoms with Crippen molar-refractivity contribution in [1.82, 2.24) is 19.7 Å². The molecule has 3 aromatic heterocycles. The second kappa shape index (κ2) is 9.51. The molecule has 33 heavy (non-hydrogen) atoms. The number of aromatic nitrogens is 4. The Morgan fingerprint density at radius 1 is 1.00 bits per heavy atom. The molecule has 164 valence electrons. The molecular weight excluding hydrogens is 454 g/mol. The summed E-state index contributed by atoms with van der Waals surface area (Å²) in [7, 11) is 0. The third-order valence-corrected chi connectivity index (χ3v) is 7.26. The van der Waals surface area contributed by atoms with E-state index in [4.69, 9.17) is 0 Å². The fraction of sp³-hybridized carbons (Fsp3) is 0.125. The Morgan fingerprint density at radius 2 is 1.88 bits per heavy atom. The molecule has 0 radical (unpaired) electrons. The lowest BCUT2D eigenvalue weighted by molar-refractivity contribution is -0.383. The predicted octanol–water partition coefficient (Wildman–Crippen LogP) is 5.78. The molecule has 9 heteroatoms. The largest absolute Gasteiger partial charge is 0.305 e. The van der Waals surface area contributed by atoms with Gasteiger partial charge in [-0.15, -0.1) is 21.5 Å². The van der Waals surface area contributed by atoms with E-state index in [-0.39, 0.29) is 10.6 Å². The standard InChI is InChI=1S/C24H19N5O2S2/c30-29(31)21-8-9-22(19-10-12-25-16-20(19)21)33-24-27-26-23(15-18-7-4-14-32-18)28(24)13-11-17-5-2-1-3-6-17/h1-10,12,14,16H,11,13,15H2. The maximum Gasteiger partial charge on any atom is 0.278 e. The molecule has 0 saturated carbocycles. The summed E-state index contributed by atoms with van der Waals surface area (Å²) in [5.74, 6) is 0.906. The molecule has 5 rings (SSSR count). The maximum atomic E-state index is 11.5. The highest BCUT2D eigenvalue weighted by Crippen LogP contribution is 2.36. The summed E-state index contributed by atoms with van der Waals surface area (Å²) in [6, 6.07) is 19.6. The lowest BCUT2D eigenvalue weighted by atomic mass is 10.1. The summed E-state index contributed by atoms with van der Waals surface area (Å²) in [6.07, 6.45) is 4.76. The van der Waals surface area contributed by atoms with E-state index in [1.54, 1.807) is 29.8 Å². The van der Waals surface area contributed by atoms with Gasteiger partial charge in [-0.3, -0.25) is 15.1 Å². The first kappa shape index (κ1) is 21.3. The van der Waals surface area contributed by atoms with E-state index in [2.05, 4.69) is 43.3 Å². The van der Waals surface area contributed by atoms with Crippen LogP contribution in [0.4, 0.5) is 5.69 Å². The quantitative estimate of drug-likeness (QED) is 0.210. The molecule has 2 aromatic carbocycles. The van der Waals surface area contributed by atoms with Crippen LogP contribution in [0.25, 0.3) is 10.8 Å². The van der Waals surface area contributed by atoms with E-state index >= 15 is 0 Å². The zero-order valence-corrected chi connectivity index (χ0v) is 19.1. The van der Waals surface area contributed by atoms with Gasteiger partial charge in [-0.1, -0.05) is 36.4 Å². The van der Waals surface area contributed by atoms with Crippen LogP contribution in [0.15, 0.2) is 88.5 Å². The minimum absolute atomic E-state index is 0.0476. The number of hydrogen-bond acceptors (Lipinski definition) is 7. The van der Waals surface area contributed by atoms with Gasteiger partial charge >= 0.3 is 0 Å². The Kier molecular flexibility index (Phi) is 6.14. The van der Waals surface area contributed by atoms with Crippen molar-refractivity contribution in [3.63, 3.8) is 0 Å². The minimum atomic E-state index is -0.375. The molecule has 0 fully saturated rings. The number of non-ortho nitro benzene ring substituents is 1. The zero-order chi connectivity index (χ0) is 22.6. The number of pyridine rings is 1. The molecule has 0 bridgehead atoms. The number of nitrogens with zero attached hydrogens (tertiary/aromatic N) is 5. The molecule has 5 aromatic rings. The van der Waals surface area contributed by atoms with Crippen molar-refractivity contribution in [2.45, 2.75) is 29.4 Å². The Bertz CT molecular complexity index is 1400. The van der Waals surface area contributed by atoms with E-state index in [0.717, 1.165) is 34.2 Å². The summed E-state index contributed by atoms with van der Waals surface area (Å²) in [4.78, 5) is 17.3. The van der Waals surface area contributed by atoms with Crippen LogP contribution in [0.3, 0.4) is 0 Å². The third-order valence-electron chi connectivity index (χ3n) is 5.33. The highest BCUT2D eigenvalue weighted by molar-refractivity contribution is 7.99. The van der Waals surface area contributed by atoms with Gasteiger partial charge in [0.05, 0.1) is 10.3 Å². The summed E-state index contributed by atoms with van der Waals surface area (Å²) in [5.41, 5.74) is 1.29. The zero-order valence-electron chi connectivity index (χ0n) is 17.5. The SMILES string of the molecule is O=[N+]([O-])c1ccc(Sc2nnc(Cc3cccs3)n2CCc2ccccc2)c2ccncc12. The van der Waals surface area contributed by atoms with Gasteiger partial charge in [-0.25, -0.2) is 0 Å². The summed E-state index contributed by atoms with van der Waals surface area (Å²) >= 11 is 3.18. The lowest BCUT2D eigenvalue weighted by Crippen LogP contribution is -2.08.